The Morgan fingerprint density at radius 2 is 2.07 bits per heavy atom. The maximum Gasteiger partial charge on any atom is 0.259 e. The summed E-state index contributed by atoms with van der Waals surface area (Å²) in [5.41, 5.74) is -0.114. The number of aromatic nitrogens is 1. The molecule has 0 N–H and O–H groups in total. The van der Waals surface area contributed by atoms with Crippen molar-refractivity contribution in [3.8, 4) is 5.75 Å². The van der Waals surface area contributed by atoms with Gasteiger partial charge >= 0.3 is 0 Å². The standard InChI is InChI=1S/C11H10ClNO2/c1-13-6-5-7-9(15-2)4-3-8(12)10(7)11(13)14/h3-6H,1-2H3. The predicted molar refractivity (Wildman–Crippen MR) is 60.8 cm³/mol. The van der Waals surface area contributed by atoms with Gasteiger partial charge in [0, 0.05) is 18.6 Å². The molecule has 0 aliphatic rings. The van der Waals surface area contributed by atoms with Crippen molar-refractivity contribution in [3.05, 3.63) is 39.8 Å². The smallest absolute Gasteiger partial charge is 0.259 e. The summed E-state index contributed by atoms with van der Waals surface area (Å²) in [6.07, 6.45) is 1.70. The number of hydrogen-bond acceptors (Lipinski definition) is 2. The van der Waals surface area contributed by atoms with Crippen LogP contribution in [0.1, 0.15) is 0 Å². The van der Waals surface area contributed by atoms with E-state index in [2.05, 4.69) is 0 Å². The molecule has 0 fully saturated rings. The average Bonchev–Trinajstić information content (AvgIpc) is 2.24. The Labute approximate surface area is 91.9 Å². The molecule has 1 aromatic carbocycles. The number of benzene rings is 1. The third-order valence-electron chi connectivity index (χ3n) is 2.37. The fraction of sp³-hybridized carbons (Fsp3) is 0.182. The van der Waals surface area contributed by atoms with Crippen molar-refractivity contribution in [2.24, 2.45) is 7.05 Å². The van der Waals surface area contributed by atoms with Gasteiger partial charge in [-0.25, -0.2) is 0 Å². The van der Waals surface area contributed by atoms with E-state index in [4.69, 9.17) is 16.3 Å². The average molecular weight is 224 g/mol. The minimum Gasteiger partial charge on any atom is -0.496 e. The number of methoxy groups -OCH3 is 1. The van der Waals surface area contributed by atoms with Gasteiger partial charge in [-0.3, -0.25) is 4.79 Å². The highest BCUT2D eigenvalue weighted by atomic mass is 35.5. The zero-order valence-electron chi connectivity index (χ0n) is 8.45. The summed E-state index contributed by atoms with van der Waals surface area (Å²) in [7, 11) is 3.26. The topological polar surface area (TPSA) is 31.2 Å². The second-order valence-electron chi connectivity index (χ2n) is 3.27. The van der Waals surface area contributed by atoms with Gasteiger partial charge in [-0.2, -0.15) is 0 Å². The molecule has 0 amide bonds. The number of fused-ring (bicyclic) bond motifs is 1. The lowest BCUT2D eigenvalue weighted by Crippen LogP contribution is -2.16. The van der Waals surface area contributed by atoms with Crippen molar-refractivity contribution in [2.45, 2.75) is 0 Å². The quantitative estimate of drug-likeness (QED) is 0.742. The molecule has 2 aromatic rings. The maximum atomic E-state index is 11.8. The lowest BCUT2D eigenvalue weighted by molar-refractivity contribution is 0.419. The van der Waals surface area contributed by atoms with Crippen molar-refractivity contribution in [1.82, 2.24) is 4.57 Å². The Hall–Kier alpha value is -1.48. The highest BCUT2D eigenvalue weighted by Gasteiger charge is 2.09. The van der Waals surface area contributed by atoms with Crippen LogP contribution >= 0.6 is 11.6 Å². The number of ether oxygens (including phenoxy) is 1. The second kappa shape index (κ2) is 3.59. The molecule has 0 aliphatic carbocycles. The first-order valence-electron chi connectivity index (χ1n) is 4.47. The molecule has 15 heavy (non-hydrogen) atoms. The summed E-state index contributed by atoms with van der Waals surface area (Å²) < 4.78 is 6.66. The molecule has 0 spiro atoms. The first-order valence-corrected chi connectivity index (χ1v) is 4.85. The van der Waals surface area contributed by atoms with Gasteiger partial charge in [0.25, 0.3) is 5.56 Å². The first-order chi connectivity index (χ1) is 7.15. The van der Waals surface area contributed by atoms with Crippen LogP contribution in [-0.2, 0) is 7.05 Å². The fourth-order valence-corrected chi connectivity index (χ4v) is 1.81. The molecule has 0 bridgehead atoms. The summed E-state index contributed by atoms with van der Waals surface area (Å²) in [4.78, 5) is 11.8. The van der Waals surface area contributed by atoms with Crippen LogP contribution in [0.3, 0.4) is 0 Å². The minimum absolute atomic E-state index is 0.114. The van der Waals surface area contributed by atoms with Gasteiger partial charge in [0.1, 0.15) is 5.75 Å². The molecule has 4 heteroatoms. The fourth-order valence-electron chi connectivity index (χ4n) is 1.57. The van der Waals surface area contributed by atoms with Crippen LogP contribution in [0.4, 0.5) is 0 Å². The minimum atomic E-state index is -0.114. The normalized spacial score (nSPS) is 10.6. The van der Waals surface area contributed by atoms with E-state index < -0.39 is 0 Å². The number of hydrogen-bond donors (Lipinski definition) is 0. The van der Waals surface area contributed by atoms with E-state index in [1.807, 2.05) is 6.07 Å². The third-order valence-corrected chi connectivity index (χ3v) is 2.69. The van der Waals surface area contributed by atoms with Gasteiger partial charge in [-0.1, -0.05) is 11.6 Å². The Kier molecular flexibility index (Phi) is 2.40. The third kappa shape index (κ3) is 1.49. The van der Waals surface area contributed by atoms with Crippen LogP contribution in [0.5, 0.6) is 5.75 Å². The molecule has 0 radical (unpaired) electrons. The summed E-state index contributed by atoms with van der Waals surface area (Å²) >= 11 is 5.99. The molecule has 2 rings (SSSR count). The van der Waals surface area contributed by atoms with Crippen LogP contribution in [0, 0.1) is 0 Å². The highest BCUT2D eigenvalue weighted by molar-refractivity contribution is 6.35. The maximum absolute atomic E-state index is 11.8. The van der Waals surface area contributed by atoms with E-state index in [0.29, 0.717) is 16.2 Å². The monoisotopic (exact) mass is 223 g/mol. The summed E-state index contributed by atoms with van der Waals surface area (Å²) in [5.74, 6) is 0.659. The van der Waals surface area contributed by atoms with E-state index in [1.165, 1.54) is 4.57 Å². The van der Waals surface area contributed by atoms with Crippen molar-refractivity contribution in [2.75, 3.05) is 7.11 Å². The van der Waals surface area contributed by atoms with Crippen molar-refractivity contribution in [1.29, 1.82) is 0 Å². The molecule has 1 heterocycles. The number of pyridine rings is 1. The van der Waals surface area contributed by atoms with Crippen LogP contribution in [-0.4, -0.2) is 11.7 Å². The molecular formula is C11H10ClNO2. The lowest BCUT2D eigenvalue weighted by atomic mass is 10.1. The van der Waals surface area contributed by atoms with Crippen LogP contribution < -0.4 is 10.3 Å². The van der Waals surface area contributed by atoms with Crippen molar-refractivity contribution in [3.63, 3.8) is 0 Å². The van der Waals surface area contributed by atoms with E-state index in [0.717, 1.165) is 5.39 Å². The van der Waals surface area contributed by atoms with Crippen molar-refractivity contribution >= 4 is 22.4 Å². The highest BCUT2D eigenvalue weighted by Crippen LogP contribution is 2.28. The van der Waals surface area contributed by atoms with Gasteiger partial charge in [-0.15, -0.1) is 0 Å². The van der Waals surface area contributed by atoms with Gasteiger partial charge in [0.2, 0.25) is 0 Å². The van der Waals surface area contributed by atoms with Gasteiger partial charge < -0.3 is 9.30 Å². The Morgan fingerprint density at radius 3 is 2.73 bits per heavy atom. The molecule has 1 aromatic heterocycles. The van der Waals surface area contributed by atoms with Crippen molar-refractivity contribution < 1.29 is 4.74 Å². The van der Waals surface area contributed by atoms with E-state index in [-0.39, 0.29) is 5.56 Å². The number of nitrogens with zero attached hydrogens (tertiary/aromatic N) is 1. The summed E-state index contributed by atoms with van der Waals surface area (Å²) in [6.45, 7) is 0. The Balaban J connectivity index is 3.00. The Bertz CT molecular complexity index is 575. The zero-order chi connectivity index (χ0) is 11.0. The molecule has 0 saturated heterocycles. The molecule has 78 valence electrons. The largest absolute Gasteiger partial charge is 0.496 e. The Morgan fingerprint density at radius 1 is 1.33 bits per heavy atom. The molecule has 3 nitrogen and oxygen atoms in total. The van der Waals surface area contributed by atoms with E-state index in [9.17, 15) is 4.79 Å². The number of rotatable bonds is 1. The van der Waals surface area contributed by atoms with E-state index in [1.54, 1.807) is 32.5 Å². The molecule has 0 atom stereocenters. The van der Waals surface area contributed by atoms with Gasteiger partial charge in [0.15, 0.2) is 0 Å². The summed E-state index contributed by atoms with van der Waals surface area (Å²) in [5, 5.41) is 1.70. The predicted octanol–water partition coefficient (Wildman–Crippen LogP) is 2.20. The first kappa shape index (κ1) is 10.1. The van der Waals surface area contributed by atoms with Crippen LogP contribution in [0.15, 0.2) is 29.2 Å². The van der Waals surface area contributed by atoms with Gasteiger partial charge in [0.05, 0.1) is 17.5 Å². The summed E-state index contributed by atoms with van der Waals surface area (Å²) in [6, 6.07) is 5.25. The number of halogens is 1. The van der Waals surface area contributed by atoms with Crippen LogP contribution in [0.25, 0.3) is 10.8 Å². The molecule has 0 aliphatic heterocycles. The lowest BCUT2D eigenvalue weighted by Gasteiger charge is -2.07. The SMILES string of the molecule is COc1ccc(Cl)c2c(=O)n(C)ccc12. The van der Waals surface area contributed by atoms with Crippen LogP contribution in [0.2, 0.25) is 5.02 Å². The van der Waals surface area contributed by atoms with Gasteiger partial charge in [-0.05, 0) is 18.2 Å². The zero-order valence-corrected chi connectivity index (χ0v) is 9.21. The number of aryl methyl sites for hydroxylation is 1. The second-order valence-corrected chi connectivity index (χ2v) is 3.68. The molecule has 0 saturated carbocycles. The molecular weight excluding hydrogens is 214 g/mol. The van der Waals surface area contributed by atoms with E-state index >= 15 is 0 Å². The molecule has 0 unspecified atom stereocenters.